The van der Waals surface area contributed by atoms with Gasteiger partial charge >= 0.3 is 0 Å². The predicted molar refractivity (Wildman–Crippen MR) is 70.8 cm³/mol. The molecule has 0 aromatic rings. The fourth-order valence-electron chi connectivity index (χ4n) is 3.48. The first kappa shape index (κ1) is 13.3. The Balaban J connectivity index is 2.12. The van der Waals surface area contributed by atoms with Gasteiger partial charge in [0.05, 0.1) is 11.1 Å². The van der Waals surface area contributed by atoms with Gasteiger partial charge in [-0.15, -0.1) is 0 Å². The lowest BCUT2D eigenvalue weighted by Gasteiger charge is -2.47. The smallest absolute Gasteiger partial charge is 0.0839 e. The van der Waals surface area contributed by atoms with Crippen molar-refractivity contribution in [2.45, 2.75) is 69.9 Å². The van der Waals surface area contributed by atoms with Crippen LogP contribution >= 0.6 is 0 Å². The molecule has 0 amide bonds. The van der Waals surface area contributed by atoms with Crippen molar-refractivity contribution in [1.82, 2.24) is 5.32 Å². The van der Waals surface area contributed by atoms with Crippen LogP contribution in [0.3, 0.4) is 0 Å². The molecule has 0 bridgehead atoms. The van der Waals surface area contributed by atoms with E-state index < -0.39 is 11.1 Å². The highest BCUT2D eigenvalue weighted by molar-refractivity contribution is 5.07. The van der Waals surface area contributed by atoms with Gasteiger partial charge in [-0.2, -0.15) is 0 Å². The highest BCUT2D eigenvalue weighted by atomic mass is 16.3. The Labute approximate surface area is 105 Å². The van der Waals surface area contributed by atoms with Gasteiger partial charge in [-0.1, -0.05) is 13.8 Å². The molecule has 100 valence electrons. The normalized spacial score (nSPS) is 43.1. The highest BCUT2D eigenvalue weighted by Crippen LogP contribution is 2.43. The van der Waals surface area contributed by atoms with E-state index in [0.717, 1.165) is 51.6 Å². The van der Waals surface area contributed by atoms with E-state index in [1.807, 2.05) is 0 Å². The second kappa shape index (κ2) is 4.52. The molecule has 3 nitrogen and oxygen atoms in total. The lowest BCUT2D eigenvalue weighted by Crippen LogP contribution is -2.67. The van der Waals surface area contributed by atoms with Crippen LogP contribution in [0.5, 0.6) is 0 Å². The standard InChI is InChI=1S/C14H28N2O/c1-12(2)5-3-7-14(17,9-8-12)13(15)6-4-10-16-11-13/h16-17H,3-11,15H2,1-2H3. The van der Waals surface area contributed by atoms with Gasteiger partial charge in [0.2, 0.25) is 0 Å². The minimum atomic E-state index is -0.659. The molecule has 17 heavy (non-hydrogen) atoms. The molecule has 0 aromatic carbocycles. The molecule has 0 radical (unpaired) electrons. The minimum absolute atomic E-state index is 0.364. The van der Waals surface area contributed by atoms with Crippen LogP contribution in [0.15, 0.2) is 0 Å². The van der Waals surface area contributed by atoms with Crippen molar-refractivity contribution in [1.29, 1.82) is 0 Å². The molecule has 2 rings (SSSR count). The van der Waals surface area contributed by atoms with E-state index >= 15 is 0 Å². The van der Waals surface area contributed by atoms with Crippen LogP contribution in [-0.2, 0) is 0 Å². The molecule has 1 aliphatic carbocycles. The molecule has 2 unspecified atom stereocenters. The number of nitrogens with one attached hydrogen (secondary N) is 1. The molecular weight excluding hydrogens is 212 g/mol. The lowest BCUT2D eigenvalue weighted by atomic mass is 9.71. The molecule has 3 heteroatoms. The molecule has 1 saturated carbocycles. The average molecular weight is 240 g/mol. The van der Waals surface area contributed by atoms with E-state index in [-0.39, 0.29) is 0 Å². The third kappa shape index (κ3) is 2.67. The monoisotopic (exact) mass is 240 g/mol. The Hall–Kier alpha value is -0.120. The summed E-state index contributed by atoms with van der Waals surface area (Å²) in [6.45, 7) is 6.42. The summed E-state index contributed by atoms with van der Waals surface area (Å²) in [5.41, 5.74) is 5.81. The van der Waals surface area contributed by atoms with E-state index in [4.69, 9.17) is 5.73 Å². The fourth-order valence-corrected chi connectivity index (χ4v) is 3.48. The summed E-state index contributed by atoms with van der Waals surface area (Å²) >= 11 is 0. The predicted octanol–water partition coefficient (Wildman–Crippen LogP) is 1.79. The Morgan fingerprint density at radius 2 is 1.76 bits per heavy atom. The Morgan fingerprint density at radius 3 is 2.41 bits per heavy atom. The maximum Gasteiger partial charge on any atom is 0.0839 e. The minimum Gasteiger partial charge on any atom is -0.388 e. The third-order valence-corrected chi connectivity index (χ3v) is 5.00. The van der Waals surface area contributed by atoms with Crippen LogP contribution < -0.4 is 11.1 Å². The van der Waals surface area contributed by atoms with Crippen LogP contribution in [0, 0.1) is 5.41 Å². The van der Waals surface area contributed by atoms with Gasteiger partial charge in [-0.05, 0) is 56.9 Å². The van der Waals surface area contributed by atoms with Crippen molar-refractivity contribution in [3.8, 4) is 0 Å². The summed E-state index contributed by atoms with van der Waals surface area (Å²) < 4.78 is 0. The van der Waals surface area contributed by atoms with Gasteiger partial charge in [0, 0.05) is 6.54 Å². The van der Waals surface area contributed by atoms with Crippen molar-refractivity contribution < 1.29 is 5.11 Å². The zero-order valence-corrected chi connectivity index (χ0v) is 11.4. The summed E-state index contributed by atoms with van der Waals surface area (Å²) in [7, 11) is 0. The summed E-state index contributed by atoms with van der Waals surface area (Å²) in [6, 6.07) is 0. The van der Waals surface area contributed by atoms with Crippen LogP contribution in [0.25, 0.3) is 0 Å². The van der Waals surface area contributed by atoms with E-state index in [0.29, 0.717) is 5.41 Å². The van der Waals surface area contributed by atoms with Crippen molar-refractivity contribution in [3.63, 3.8) is 0 Å². The highest BCUT2D eigenvalue weighted by Gasteiger charge is 2.49. The number of piperidine rings is 1. The zero-order chi connectivity index (χ0) is 12.6. The molecule has 1 aliphatic heterocycles. The number of hydrogen-bond acceptors (Lipinski definition) is 3. The summed E-state index contributed by atoms with van der Waals surface area (Å²) in [4.78, 5) is 0. The summed E-state index contributed by atoms with van der Waals surface area (Å²) in [5, 5.41) is 14.4. The van der Waals surface area contributed by atoms with Crippen molar-refractivity contribution in [2.75, 3.05) is 13.1 Å². The average Bonchev–Trinajstić information content (AvgIpc) is 2.40. The van der Waals surface area contributed by atoms with Crippen LogP contribution in [0.4, 0.5) is 0 Å². The van der Waals surface area contributed by atoms with Gasteiger partial charge in [0.15, 0.2) is 0 Å². The fraction of sp³-hybridized carbons (Fsp3) is 1.00. The number of hydrogen-bond donors (Lipinski definition) is 3. The Bertz CT molecular complexity index is 271. The van der Waals surface area contributed by atoms with Crippen LogP contribution in [0.1, 0.15) is 58.8 Å². The molecule has 0 spiro atoms. The lowest BCUT2D eigenvalue weighted by molar-refractivity contribution is -0.0590. The third-order valence-electron chi connectivity index (χ3n) is 5.00. The Kier molecular flexibility index (Phi) is 3.54. The number of rotatable bonds is 1. The van der Waals surface area contributed by atoms with Crippen molar-refractivity contribution >= 4 is 0 Å². The van der Waals surface area contributed by atoms with Crippen molar-refractivity contribution in [3.05, 3.63) is 0 Å². The second-order valence-corrected chi connectivity index (χ2v) is 6.99. The maximum absolute atomic E-state index is 11.0. The number of nitrogens with two attached hydrogens (primary N) is 1. The van der Waals surface area contributed by atoms with Crippen LogP contribution in [-0.4, -0.2) is 29.3 Å². The van der Waals surface area contributed by atoms with Gasteiger partial charge in [0.25, 0.3) is 0 Å². The molecule has 0 aromatic heterocycles. The maximum atomic E-state index is 11.0. The van der Waals surface area contributed by atoms with Gasteiger partial charge in [-0.3, -0.25) is 0 Å². The first-order valence-electron chi connectivity index (χ1n) is 7.09. The second-order valence-electron chi connectivity index (χ2n) is 6.99. The Morgan fingerprint density at radius 1 is 1.00 bits per heavy atom. The number of aliphatic hydroxyl groups is 1. The SMILES string of the molecule is CC1(C)CCCC(O)(C2(N)CCCNC2)CC1. The van der Waals surface area contributed by atoms with E-state index in [9.17, 15) is 5.11 Å². The zero-order valence-electron chi connectivity index (χ0n) is 11.4. The first-order valence-corrected chi connectivity index (χ1v) is 7.09. The summed E-state index contributed by atoms with van der Waals surface area (Å²) in [6.07, 6.45) is 7.16. The van der Waals surface area contributed by atoms with E-state index in [2.05, 4.69) is 19.2 Å². The molecular formula is C14H28N2O. The molecule has 4 N–H and O–H groups in total. The van der Waals surface area contributed by atoms with E-state index in [1.165, 1.54) is 6.42 Å². The topological polar surface area (TPSA) is 58.3 Å². The molecule has 1 heterocycles. The summed E-state index contributed by atoms with van der Waals surface area (Å²) in [5.74, 6) is 0. The molecule has 2 atom stereocenters. The largest absolute Gasteiger partial charge is 0.388 e. The molecule has 1 saturated heterocycles. The molecule has 2 fully saturated rings. The van der Waals surface area contributed by atoms with Crippen molar-refractivity contribution in [2.24, 2.45) is 11.1 Å². The van der Waals surface area contributed by atoms with Gasteiger partial charge < -0.3 is 16.2 Å². The van der Waals surface area contributed by atoms with Gasteiger partial charge in [-0.25, -0.2) is 0 Å². The molecule has 2 aliphatic rings. The quantitative estimate of drug-likeness (QED) is 0.612. The van der Waals surface area contributed by atoms with E-state index in [1.54, 1.807) is 0 Å². The van der Waals surface area contributed by atoms with Crippen LogP contribution in [0.2, 0.25) is 0 Å². The first-order chi connectivity index (χ1) is 7.87. The van der Waals surface area contributed by atoms with Gasteiger partial charge in [0.1, 0.15) is 0 Å².